The van der Waals surface area contributed by atoms with Gasteiger partial charge in [-0.25, -0.2) is 4.57 Å². The van der Waals surface area contributed by atoms with Crippen LogP contribution in [0.3, 0.4) is 0 Å². The van der Waals surface area contributed by atoms with E-state index in [4.69, 9.17) is 16.3 Å². The largest absolute Gasteiger partial charge is 0.381 e. The first-order valence-electron chi connectivity index (χ1n) is 11.1. The Morgan fingerprint density at radius 2 is 1.87 bits per heavy atom. The number of aromatic nitrogens is 1. The number of ether oxygens (including phenoxy) is 1. The van der Waals surface area contributed by atoms with Crippen molar-refractivity contribution in [3.05, 3.63) is 56.9 Å². The van der Waals surface area contributed by atoms with E-state index in [0.29, 0.717) is 23.2 Å². The van der Waals surface area contributed by atoms with Gasteiger partial charge in [-0.05, 0) is 56.9 Å². The highest BCUT2D eigenvalue weighted by Crippen LogP contribution is 2.31. The summed E-state index contributed by atoms with van der Waals surface area (Å²) in [6.07, 6.45) is 1.98. The van der Waals surface area contributed by atoms with Crippen molar-refractivity contribution in [1.82, 2.24) is 5.32 Å². The third-order valence-electron chi connectivity index (χ3n) is 6.67. The topological polar surface area (TPSA) is 45.5 Å². The van der Waals surface area contributed by atoms with Crippen molar-refractivity contribution in [2.75, 3.05) is 24.7 Å². The molecule has 0 bridgehead atoms. The molecule has 1 amide bonds. The van der Waals surface area contributed by atoms with Gasteiger partial charge in [0.15, 0.2) is 11.4 Å². The summed E-state index contributed by atoms with van der Waals surface area (Å²) in [5, 5.41) is 3.71. The third kappa shape index (κ3) is 5.04. The average molecular weight is 445 g/mol. The van der Waals surface area contributed by atoms with Gasteiger partial charge in [0.25, 0.3) is 5.91 Å². The molecule has 0 atom stereocenters. The van der Waals surface area contributed by atoms with Gasteiger partial charge in [0.1, 0.15) is 7.05 Å². The third-order valence-corrected chi connectivity index (χ3v) is 6.89. The minimum absolute atomic E-state index is 0.0914. The number of nitrogens with one attached hydrogen (secondary N) is 1. The fourth-order valence-corrected chi connectivity index (χ4v) is 4.81. The molecule has 2 aromatic rings. The van der Waals surface area contributed by atoms with Crippen LogP contribution in [-0.4, -0.2) is 31.7 Å². The number of hydrogen-bond acceptors (Lipinski definition) is 3. The Hall–Kier alpha value is -2.11. The SMILES string of the molecule is CCN(c1cc(Cl)cc(C(=O)NCc2c(C)cc(C)[n+](C)c2C)c1C)C1CCOCC1. The molecule has 3 rings (SSSR count). The van der Waals surface area contributed by atoms with Crippen molar-refractivity contribution in [1.29, 1.82) is 0 Å². The van der Waals surface area contributed by atoms with Crippen LogP contribution in [0.1, 0.15) is 58.2 Å². The lowest BCUT2D eigenvalue weighted by atomic mass is 10.0. The van der Waals surface area contributed by atoms with Crippen molar-refractivity contribution >= 4 is 23.2 Å². The van der Waals surface area contributed by atoms with Crippen molar-refractivity contribution < 1.29 is 14.1 Å². The summed E-state index contributed by atoms with van der Waals surface area (Å²) in [5.41, 5.74) is 7.36. The van der Waals surface area contributed by atoms with Gasteiger partial charge in [-0.15, -0.1) is 0 Å². The maximum absolute atomic E-state index is 13.2. The fourth-order valence-electron chi connectivity index (χ4n) is 4.60. The maximum Gasteiger partial charge on any atom is 0.251 e. The van der Waals surface area contributed by atoms with Gasteiger partial charge in [-0.1, -0.05) is 11.6 Å². The second-order valence-corrected chi connectivity index (χ2v) is 8.94. The lowest BCUT2D eigenvalue weighted by molar-refractivity contribution is -0.684. The van der Waals surface area contributed by atoms with Gasteiger partial charge in [0.2, 0.25) is 0 Å². The molecule has 0 aliphatic carbocycles. The van der Waals surface area contributed by atoms with Gasteiger partial charge < -0.3 is 15.0 Å². The number of hydrogen-bond donors (Lipinski definition) is 1. The lowest BCUT2D eigenvalue weighted by Gasteiger charge is -2.36. The highest BCUT2D eigenvalue weighted by molar-refractivity contribution is 6.31. The second kappa shape index (κ2) is 10.0. The summed E-state index contributed by atoms with van der Waals surface area (Å²) in [5.74, 6) is -0.0914. The Bertz CT molecular complexity index is 968. The zero-order valence-corrected chi connectivity index (χ0v) is 20.4. The summed E-state index contributed by atoms with van der Waals surface area (Å²) in [6.45, 7) is 13.4. The summed E-state index contributed by atoms with van der Waals surface area (Å²) >= 11 is 6.48. The normalized spacial score (nSPS) is 14.5. The summed E-state index contributed by atoms with van der Waals surface area (Å²) < 4.78 is 7.69. The minimum Gasteiger partial charge on any atom is -0.381 e. The smallest absolute Gasteiger partial charge is 0.251 e. The molecule has 0 saturated carbocycles. The number of nitrogens with zero attached hydrogens (tertiary/aromatic N) is 2. The van der Waals surface area contributed by atoms with E-state index in [1.807, 2.05) is 13.0 Å². The van der Waals surface area contributed by atoms with Crippen molar-refractivity contribution in [3.63, 3.8) is 0 Å². The van der Waals surface area contributed by atoms with Crippen LogP contribution in [-0.2, 0) is 18.3 Å². The van der Waals surface area contributed by atoms with Crippen LogP contribution in [0.15, 0.2) is 18.2 Å². The lowest BCUT2D eigenvalue weighted by Crippen LogP contribution is -2.40. The van der Waals surface area contributed by atoms with Crippen LogP contribution >= 0.6 is 11.6 Å². The molecule has 168 valence electrons. The zero-order valence-electron chi connectivity index (χ0n) is 19.6. The van der Waals surface area contributed by atoms with Gasteiger partial charge in [-0.3, -0.25) is 4.79 Å². The predicted octanol–water partition coefficient (Wildman–Crippen LogP) is 4.33. The van der Waals surface area contributed by atoms with Crippen LogP contribution in [0, 0.1) is 27.7 Å². The number of aryl methyl sites for hydroxylation is 2. The number of carbonyl (C=O) groups excluding carboxylic acids is 1. The molecular weight excluding hydrogens is 410 g/mol. The van der Waals surface area contributed by atoms with E-state index < -0.39 is 0 Å². The number of halogens is 1. The molecule has 31 heavy (non-hydrogen) atoms. The van der Waals surface area contributed by atoms with Crippen LogP contribution in [0.2, 0.25) is 5.02 Å². The molecule has 5 nitrogen and oxygen atoms in total. The fraction of sp³-hybridized carbons (Fsp3) is 0.520. The molecule has 6 heteroatoms. The zero-order chi connectivity index (χ0) is 22.7. The van der Waals surface area contributed by atoms with E-state index in [9.17, 15) is 4.79 Å². The van der Waals surface area contributed by atoms with Gasteiger partial charge >= 0.3 is 0 Å². The van der Waals surface area contributed by atoms with E-state index in [1.165, 1.54) is 11.3 Å². The van der Waals surface area contributed by atoms with Crippen LogP contribution in [0.25, 0.3) is 0 Å². The molecule has 2 heterocycles. The van der Waals surface area contributed by atoms with E-state index in [1.54, 1.807) is 6.07 Å². The molecule has 1 aromatic carbocycles. The molecule has 1 aliphatic heterocycles. The summed E-state index contributed by atoms with van der Waals surface area (Å²) in [6, 6.07) is 6.33. The number of rotatable bonds is 6. The van der Waals surface area contributed by atoms with E-state index in [-0.39, 0.29) is 5.91 Å². The number of pyridine rings is 1. The first-order valence-corrected chi connectivity index (χ1v) is 11.5. The van der Waals surface area contributed by atoms with Crippen molar-refractivity contribution in [3.8, 4) is 0 Å². The molecule has 0 unspecified atom stereocenters. The number of carbonyl (C=O) groups is 1. The molecule has 1 aromatic heterocycles. The van der Waals surface area contributed by atoms with Crippen LogP contribution in [0.4, 0.5) is 5.69 Å². The predicted molar refractivity (Wildman–Crippen MR) is 126 cm³/mol. The van der Waals surface area contributed by atoms with E-state index in [2.05, 4.69) is 55.6 Å². The number of amides is 1. The number of benzene rings is 1. The molecule has 1 saturated heterocycles. The first kappa shape index (κ1) is 23.6. The number of anilines is 1. The Labute approximate surface area is 191 Å². The van der Waals surface area contributed by atoms with E-state index in [0.717, 1.165) is 55.1 Å². The average Bonchev–Trinajstić information content (AvgIpc) is 2.75. The minimum atomic E-state index is -0.0914. The second-order valence-electron chi connectivity index (χ2n) is 8.50. The Morgan fingerprint density at radius 3 is 2.52 bits per heavy atom. The van der Waals surface area contributed by atoms with Crippen molar-refractivity contribution in [2.45, 2.75) is 60.0 Å². The van der Waals surface area contributed by atoms with Gasteiger partial charge in [-0.2, -0.15) is 0 Å². The quantitative estimate of drug-likeness (QED) is 0.674. The van der Waals surface area contributed by atoms with Gasteiger partial charge in [0.05, 0.1) is 0 Å². The highest BCUT2D eigenvalue weighted by atomic mass is 35.5. The first-order chi connectivity index (χ1) is 14.7. The Kier molecular flexibility index (Phi) is 7.60. The van der Waals surface area contributed by atoms with Crippen molar-refractivity contribution in [2.24, 2.45) is 7.05 Å². The molecular formula is C25H35ClN3O2+. The monoisotopic (exact) mass is 444 g/mol. The Morgan fingerprint density at radius 1 is 1.19 bits per heavy atom. The standard InChI is InChI=1S/C25H34ClN3O2/c1-7-29(21-8-10-31-11-9-21)24-14-20(26)13-22(18(24)4)25(30)27-15-23-16(2)12-17(3)28(6)19(23)5/h12-14,21H,7-11,15H2,1-6H3/p+1. The molecule has 0 spiro atoms. The van der Waals surface area contributed by atoms with Crippen LogP contribution < -0.4 is 14.8 Å². The maximum atomic E-state index is 13.2. The molecule has 1 aliphatic rings. The highest BCUT2D eigenvalue weighted by Gasteiger charge is 2.24. The molecule has 1 fully saturated rings. The summed E-state index contributed by atoms with van der Waals surface area (Å²) in [4.78, 5) is 15.6. The summed E-state index contributed by atoms with van der Waals surface area (Å²) in [7, 11) is 2.05. The Balaban J connectivity index is 1.86. The van der Waals surface area contributed by atoms with Gasteiger partial charge in [0, 0.05) is 74.1 Å². The van der Waals surface area contributed by atoms with Crippen LogP contribution in [0.5, 0.6) is 0 Å². The molecule has 1 N–H and O–H groups in total. The molecule has 0 radical (unpaired) electrons. The van der Waals surface area contributed by atoms with E-state index >= 15 is 0 Å².